The van der Waals surface area contributed by atoms with Crippen LogP contribution in [0.1, 0.15) is 59.3 Å². The first-order valence-corrected chi connectivity index (χ1v) is 7.09. The third kappa shape index (κ3) is 3.03. The topological polar surface area (TPSA) is 0 Å². The van der Waals surface area contributed by atoms with Crippen LogP contribution in [0.25, 0.3) is 0 Å². The predicted octanol–water partition coefficient (Wildman–Crippen LogP) is 4.87. The van der Waals surface area contributed by atoms with Crippen LogP contribution >= 0.6 is 0 Å². The average Bonchev–Trinajstić information content (AvgIpc) is 2.35. The molecule has 0 radical (unpaired) electrons. The van der Waals surface area contributed by atoms with Gasteiger partial charge in [0.15, 0.2) is 0 Å². The lowest BCUT2D eigenvalue weighted by Gasteiger charge is -2.27. The van der Waals surface area contributed by atoms with E-state index in [1.807, 2.05) is 0 Å². The van der Waals surface area contributed by atoms with E-state index in [9.17, 15) is 0 Å². The van der Waals surface area contributed by atoms with Crippen molar-refractivity contribution in [1.29, 1.82) is 0 Å². The zero-order chi connectivity index (χ0) is 12.3. The zero-order valence-electron chi connectivity index (χ0n) is 11.5. The van der Waals surface area contributed by atoms with Crippen LogP contribution in [0.3, 0.4) is 0 Å². The van der Waals surface area contributed by atoms with Gasteiger partial charge in [0.05, 0.1) is 0 Å². The second kappa shape index (κ2) is 5.58. The van der Waals surface area contributed by atoms with E-state index in [2.05, 4.69) is 38.7 Å². The molecule has 2 aliphatic rings. The number of hydrogen-bond donors (Lipinski definition) is 0. The molecule has 0 saturated carbocycles. The van der Waals surface area contributed by atoms with Gasteiger partial charge in [0.25, 0.3) is 0 Å². The molecule has 0 aromatic heterocycles. The summed E-state index contributed by atoms with van der Waals surface area (Å²) in [5.41, 5.74) is 4.33. The molecule has 92 valence electrons. The first-order chi connectivity index (χ1) is 8.18. The van der Waals surface area contributed by atoms with E-state index < -0.39 is 0 Å². The van der Waals surface area contributed by atoms with E-state index in [-0.39, 0.29) is 0 Å². The van der Waals surface area contributed by atoms with Gasteiger partial charge in [-0.15, -0.1) is 0 Å². The number of hydrogen-bond acceptors (Lipinski definition) is 0. The van der Waals surface area contributed by atoms with E-state index in [0.717, 1.165) is 5.92 Å². The molecule has 2 rings (SSSR count). The molecule has 0 aromatic rings. The minimum absolute atomic E-state index is 0.653. The van der Waals surface area contributed by atoms with Crippen LogP contribution in [-0.4, -0.2) is 0 Å². The Balaban J connectivity index is 2.16. The summed E-state index contributed by atoms with van der Waals surface area (Å²) in [6.45, 7) is 6.97. The highest BCUT2D eigenvalue weighted by Crippen LogP contribution is 2.33. The normalized spacial score (nSPS) is 29.5. The van der Waals surface area contributed by atoms with Crippen LogP contribution in [0, 0.1) is 23.7 Å². The van der Waals surface area contributed by atoms with Crippen LogP contribution in [0.15, 0.2) is 22.8 Å². The Morgan fingerprint density at radius 1 is 1.12 bits per heavy atom. The maximum absolute atomic E-state index is 3.48. The molecule has 0 nitrogen and oxygen atoms in total. The van der Waals surface area contributed by atoms with Crippen LogP contribution in [-0.2, 0) is 0 Å². The molecular weight excluding hydrogens is 204 g/mol. The molecule has 2 aliphatic carbocycles. The van der Waals surface area contributed by atoms with Gasteiger partial charge in [-0.3, -0.25) is 0 Å². The maximum Gasteiger partial charge on any atom is 0.00440 e. The molecule has 0 N–H and O–H groups in total. The van der Waals surface area contributed by atoms with Crippen molar-refractivity contribution in [3.8, 4) is 11.8 Å². The molecule has 0 saturated heterocycles. The van der Waals surface area contributed by atoms with E-state index in [4.69, 9.17) is 0 Å². The van der Waals surface area contributed by atoms with Crippen molar-refractivity contribution in [1.82, 2.24) is 0 Å². The highest BCUT2D eigenvalue weighted by Gasteiger charge is 2.22. The zero-order valence-corrected chi connectivity index (χ0v) is 11.5. The molecule has 0 aromatic carbocycles. The standard InChI is InChI=1S/C17H24/c1-13-9-10-14(2)17(15(13)3)12-11-16-7-5-4-6-8-16/h7,13,15H,4-6,8-10H2,1-3H3. The van der Waals surface area contributed by atoms with Gasteiger partial charge in [0, 0.05) is 5.57 Å². The lowest BCUT2D eigenvalue weighted by atomic mass is 9.77. The Morgan fingerprint density at radius 2 is 1.94 bits per heavy atom. The third-order valence-corrected chi connectivity index (χ3v) is 4.39. The van der Waals surface area contributed by atoms with Crippen molar-refractivity contribution in [2.45, 2.75) is 59.3 Å². The molecule has 0 heteroatoms. The monoisotopic (exact) mass is 228 g/mol. The summed E-state index contributed by atoms with van der Waals surface area (Å²) in [6, 6.07) is 0. The van der Waals surface area contributed by atoms with Gasteiger partial charge in [-0.1, -0.05) is 37.3 Å². The summed E-state index contributed by atoms with van der Waals surface area (Å²) in [5, 5.41) is 0. The van der Waals surface area contributed by atoms with Gasteiger partial charge < -0.3 is 0 Å². The summed E-state index contributed by atoms with van der Waals surface area (Å²) in [7, 11) is 0. The Hall–Kier alpha value is -0.960. The fourth-order valence-corrected chi connectivity index (χ4v) is 2.82. The summed E-state index contributed by atoms with van der Waals surface area (Å²) in [5.74, 6) is 8.36. The minimum Gasteiger partial charge on any atom is -0.0729 e. The second-order valence-corrected chi connectivity index (χ2v) is 5.72. The van der Waals surface area contributed by atoms with E-state index in [1.165, 1.54) is 55.2 Å². The number of allylic oxidation sites excluding steroid dienone is 4. The van der Waals surface area contributed by atoms with Crippen molar-refractivity contribution in [2.75, 3.05) is 0 Å². The molecule has 0 bridgehead atoms. The van der Waals surface area contributed by atoms with Crippen molar-refractivity contribution >= 4 is 0 Å². The molecule has 17 heavy (non-hydrogen) atoms. The molecule has 2 atom stereocenters. The van der Waals surface area contributed by atoms with E-state index in [1.54, 1.807) is 0 Å². The Morgan fingerprint density at radius 3 is 2.65 bits per heavy atom. The Kier molecular flexibility index (Phi) is 4.11. The molecule has 0 fully saturated rings. The van der Waals surface area contributed by atoms with E-state index in [0.29, 0.717) is 5.92 Å². The minimum atomic E-state index is 0.653. The van der Waals surface area contributed by atoms with Crippen LogP contribution in [0.4, 0.5) is 0 Å². The molecule has 0 aliphatic heterocycles. The summed E-state index contributed by atoms with van der Waals surface area (Å²) < 4.78 is 0. The van der Waals surface area contributed by atoms with Gasteiger partial charge in [-0.05, 0) is 62.9 Å². The van der Waals surface area contributed by atoms with Crippen molar-refractivity contribution < 1.29 is 0 Å². The first kappa shape index (κ1) is 12.5. The smallest absolute Gasteiger partial charge is 0.00440 e. The first-order valence-electron chi connectivity index (χ1n) is 7.09. The molecular formula is C17H24. The third-order valence-electron chi connectivity index (χ3n) is 4.39. The van der Waals surface area contributed by atoms with Crippen LogP contribution in [0.5, 0.6) is 0 Å². The molecule has 2 unspecified atom stereocenters. The fraction of sp³-hybridized carbons (Fsp3) is 0.647. The summed E-state index contributed by atoms with van der Waals surface area (Å²) in [4.78, 5) is 0. The van der Waals surface area contributed by atoms with Gasteiger partial charge >= 0.3 is 0 Å². The highest BCUT2D eigenvalue weighted by molar-refractivity contribution is 5.42. The second-order valence-electron chi connectivity index (χ2n) is 5.72. The molecule has 0 heterocycles. The van der Waals surface area contributed by atoms with Gasteiger partial charge in [0.1, 0.15) is 0 Å². The van der Waals surface area contributed by atoms with Crippen LogP contribution < -0.4 is 0 Å². The summed E-state index contributed by atoms with van der Waals surface area (Å²) in [6.07, 6.45) is 10.0. The Labute approximate surface area is 106 Å². The van der Waals surface area contributed by atoms with Gasteiger partial charge in [-0.25, -0.2) is 0 Å². The number of rotatable bonds is 0. The van der Waals surface area contributed by atoms with Crippen molar-refractivity contribution in [2.24, 2.45) is 11.8 Å². The predicted molar refractivity (Wildman–Crippen MR) is 74.6 cm³/mol. The van der Waals surface area contributed by atoms with Crippen molar-refractivity contribution in [3.05, 3.63) is 22.8 Å². The van der Waals surface area contributed by atoms with Gasteiger partial charge in [0.2, 0.25) is 0 Å². The quantitative estimate of drug-likeness (QED) is 0.519. The van der Waals surface area contributed by atoms with Gasteiger partial charge in [-0.2, -0.15) is 0 Å². The van der Waals surface area contributed by atoms with Crippen molar-refractivity contribution in [3.63, 3.8) is 0 Å². The largest absolute Gasteiger partial charge is 0.0729 e. The maximum atomic E-state index is 3.48. The SMILES string of the molecule is CC1=C(C#CC2=CCCCC2)C(C)C(C)CC1. The van der Waals surface area contributed by atoms with Crippen LogP contribution in [0.2, 0.25) is 0 Å². The van der Waals surface area contributed by atoms with E-state index >= 15 is 0 Å². The highest BCUT2D eigenvalue weighted by atomic mass is 14.3. The molecule has 0 spiro atoms. The molecule has 0 amide bonds. The average molecular weight is 228 g/mol. The summed E-state index contributed by atoms with van der Waals surface area (Å²) >= 11 is 0. The lowest BCUT2D eigenvalue weighted by Crippen LogP contribution is -2.16. The fourth-order valence-electron chi connectivity index (χ4n) is 2.82. The lowest BCUT2D eigenvalue weighted by molar-refractivity contribution is 0.392. The Bertz CT molecular complexity index is 397.